The van der Waals surface area contributed by atoms with Gasteiger partial charge in [0.25, 0.3) is 0 Å². The molecular formula is C15H12ClN3O. The summed E-state index contributed by atoms with van der Waals surface area (Å²) in [5, 5.41) is 3.42. The van der Waals surface area contributed by atoms with E-state index in [9.17, 15) is 4.79 Å². The third kappa shape index (κ3) is 2.38. The summed E-state index contributed by atoms with van der Waals surface area (Å²) in [5.74, 6) is -0.140. The number of halogens is 1. The van der Waals surface area contributed by atoms with Crippen LogP contribution in [0.3, 0.4) is 0 Å². The molecule has 0 saturated carbocycles. The van der Waals surface area contributed by atoms with Crippen LogP contribution in [0.4, 0.5) is 11.4 Å². The highest BCUT2D eigenvalue weighted by Gasteiger charge is 2.18. The number of carbonyl (C=O) groups is 1. The van der Waals surface area contributed by atoms with Gasteiger partial charge in [-0.15, -0.1) is 0 Å². The Morgan fingerprint density at radius 2 is 1.90 bits per heavy atom. The van der Waals surface area contributed by atoms with Gasteiger partial charge in [-0.05, 0) is 30.3 Å². The molecule has 5 heteroatoms. The van der Waals surface area contributed by atoms with Gasteiger partial charge in [-0.2, -0.15) is 0 Å². The zero-order chi connectivity index (χ0) is 14.1. The molecule has 2 aromatic rings. The molecule has 20 heavy (non-hydrogen) atoms. The second-order valence-electron chi connectivity index (χ2n) is 4.52. The van der Waals surface area contributed by atoms with Crippen LogP contribution in [0.1, 0.15) is 11.1 Å². The van der Waals surface area contributed by atoms with Crippen molar-refractivity contribution in [2.45, 2.75) is 0 Å². The number of benzodiazepines with no additional fused rings is 1. The number of hydrogen-bond acceptors (Lipinski definition) is 3. The standard InChI is InChI=1S/C15H12ClN3O/c16-10-3-6-13-12(7-10)15(18-8-14(20)19-13)9-1-4-11(17)5-2-9/h1-7H,8,17H2,(H,19,20). The van der Waals surface area contributed by atoms with Crippen molar-refractivity contribution in [1.29, 1.82) is 0 Å². The van der Waals surface area contributed by atoms with Crippen molar-refractivity contribution >= 4 is 34.6 Å². The molecule has 1 aliphatic rings. The van der Waals surface area contributed by atoms with Crippen LogP contribution < -0.4 is 11.1 Å². The van der Waals surface area contributed by atoms with Crippen molar-refractivity contribution in [2.75, 3.05) is 17.6 Å². The van der Waals surface area contributed by atoms with Crippen molar-refractivity contribution in [1.82, 2.24) is 0 Å². The van der Waals surface area contributed by atoms with E-state index in [0.717, 1.165) is 16.8 Å². The average Bonchev–Trinajstić information content (AvgIpc) is 2.58. The molecule has 0 spiro atoms. The van der Waals surface area contributed by atoms with E-state index in [1.54, 1.807) is 18.2 Å². The summed E-state index contributed by atoms with van der Waals surface area (Å²) in [6.07, 6.45) is 0. The number of rotatable bonds is 1. The molecule has 1 amide bonds. The number of hydrogen-bond donors (Lipinski definition) is 2. The van der Waals surface area contributed by atoms with Gasteiger partial charge in [-0.1, -0.05) is 23.7 Å². The van der Waals surface area contributed by atoms with Crippen LogP contribution in [-0.2, 0) is 4.79 Å². The fourth-order valence-corrected chi connectivity index (χ4v) is 2.31. The fraction of sp³-hybridized carbons (Fsp3) is 0.0667. The molecule has 2 aromatic carbocycles. The lowest BCUT2D eigenvalue weighted by Gasteiger charge is -2.10. The minimum atomic E-state index is -0.140. The number of aliphatic imine (C=N–C) groups is 1. The van der Waals surface area contributed by atoms with Crippen molar-refractivity contribution < 1.29 is 4.79 Å². The van der Waals surface area contributed by atoms with Gasteiger partial charge in [0.1, 0.15) is 6.54 Å². The van der Waals surface area contributed by atoms with Crippen LogP contribution in [0.2, 0.25) is 5.02 Å². The van der Waals surface area contributed by atoms with Crippen LogP contribution in [0.25, 0.3) is 0 Å². The van der Waals surface area contributed by atoms with Gasteiger partial charge < -0.3 is 11.1 Å². The van der Waals surface area contributed by atoms with Crippen LogP contribution >= 0.6 is 11.6 Å². The van der Waals surface area contributed by atoms with E-state index in [1.807, 2.05) is 24.3 Å². The van der Waals surface area contributed by atoms with Gasteiger partial charge in [-0.25, -0.2) is 0 Å². The maximum Gasteiger partial charge on any atom is 0.246 e. The summed E-state index contributed by atoms with van der Waals surface area (Å²) < 4.78 is 0. The monoisotopic (exact) mass is 285 g/mol. The third-order valence-corrected chi connectivity index (χ3v) is 3.31. The molecule has 0 bridgehead atoms. The summed E-state index contributed by atoms with van der Waals surface area (Å²) in [5.41, 5.74) is 9.55. The first-order valence-corrected chi connectivity index (χ1v) is 6.51. The normalized spacial score (nSPS) is 14.1. The third-order valence-electron chi connectivity index (χ3n) is 3.08. The molecular weight excluding hydrogens is 274 g/mol. The summed E-state index contributed by atoms with van der Waals surface area (Å²) >= 11 is 6.06. The van der Waals surface area contributed by atoms with E-state index in [-0.39, 0.29) is 12.5 Å². The Labute approximate surface area is 121 Å². The minimum absolute atomic E-state index is 0.0893. The summed E-state index contributed by atoms with van der Waals surface area (Å²) in [4.78, 5) is 16.1. The molecule has 0 fully saturated rings. The maximum absolute atomic E-state index is 11.7. The van der Waals surface area contributed by atoms with E-state index in [2.05, 4.69) is 10.3 Å². The van der Waals surface area contributed by atoms with Gasteiger partial charge >= 0.3 is 0 Å². The van der Waals surface area contributed by atoms with Crippen LogP contribution in [-0.4, -0.2) is 18.2 Å². The minimum Gasteiger partial charge on any atom is -0.399 e. The highest BCUT2D eigenvalue weighted by molar-refractivity contribution is 6.32. The summed E-state index contributed by atoms with van der Waals surface area (Å²) in [7, 11) is 0. The van der Waals surface area contributed by atoms with Crippen molar-refractivity contribution in [3.8, 4) is 0 Å². The van der Waals surface area contributed by atoms with Gasteiger partial charge in [0.2, 0.25) is 5.91 Å². The van der Waals surface area contributed by atoms with Gasteiger partial charge in [0.05, 0.1) is 11.4 Å². The summed E-state index contributed by atoms with van der Waals surface area (Å²) in [6.45, 7) is 0.0893. The Morgan fingerprint density at radius 1 is 1.15 bits per heavy atom. The number of anilines is 2. The lowest BCUT2D eigenvalue weighted by Crippen LogP contribution is -2.13. The molecule has 0 saturated heterocycles. The molecule has 0 aromatic heterocycles. The number of benzene rings is 2. The van der Waals surface area contributed by atoms with Gasteiger partial charge in [0.15, 0.2) is 0 Å². The van der Waals surface area contributed by atoms with Crippen LogP contribution in [0.5, 0.6) is 0 Å². The van der Waals surface area contributed by atoms with E-state index >= 15 is 0 Å². The Morgan fingerprint density at radius 3 is 2.65 bits per heavy atom. The zero-order valence-electron chi connectivity index (χ0n) is 10.6. The lowest BCUT2D eigenvalue weighted by atomic mass is 10.0. The first-order chi connectivity index (χ1) is 9.63. The van der Waals surface area contributed by atoms with Crippen molar-refractivity contribution in [3.05, 3.63) is 58.6 Å². The number of amides is 1. The SMILES string of the molecule is Nc1ccc(C2=NCC(=O)Nc3ccc(Cl)cc32)cc1. The first kappa shape index (κ1) is 12.7. The van der Waals surface area contributed by atoms with Crippen LogP contribution in [0, 0.1) is 0 Å². The Balaban J connectivity index is 2.17. The summed E-state index contributed by atoms with van der Waals surface area (Å²) in [6, 6.07) is 12.7. The Bertz CT molecular complexity index is 708. The van der Waals surface area contributed by atoms with Crippen LogP contribution in [0.15, 0.2) is 47.5 Å². The van der Waals surface area contributed by atoms with E-state index in [0.29, 0.717) is 16.4 Å². The van der Waals surface area contributed by atoms with E-state index < -0.39 is 0 Å². The number of nitrogens with zero attached hydrogens (tertiary/aromatic N) is 1. The molecule has 1 heterocycles. The Hall–Kier alpha value is -2.33. The van der Waals surface area contributed by atoms with Gasteiger partial charge in [0, 0.05) is 21.8 Å². The predicted octanol–water partition coefficient (Wildman–Crippen LogP) is 2.71. The molecule has 0 radical (unpaired) electrons. The average molecular weight is 286 g/mol. The van der Waals surface area contributed by atoms with E-state index in [4.69, 9.17) is 17.3 Å². The predicted molar refractivity (Wildman–Crippen MR) is 81.4 cm³/mol. The molecule has 100 valence electrons. The topological polar surface area (TPSA) is 67.5 Å². The number of fused-ring (bicyclic) bond motifs is 1. The molecule has 0 atom stereocenters. The molecule has 3 N–H and O–H groups in total. The molecule has 0 aliphatic carbocycles. The number of carbonyl (C=O) groups excluding carboxylic acids is 1. The highest BCUT2D eigenvalue weighted by Crippen LogP contribution is 2.26. The number of nitrogens with one attached hydrogen (secondary N) is 1. The largest absolute Gasteiger partial charge is 0.399 e. The Kier molecular flexibility index (Phi) is 3.16. The van der Waals surface area contributed by atoms with E-state index in [1.165, 1.54) is 0 Å². The number of nitrogens with two attached hydrogens (primary N) is 1. The second kappa shape index (κ2) is 4.98. The molecule has 3 rings (SSSR count). The van der Waals surface area contributed by atoms with Crippen molar-refractivity contribution in [2.24, 2.45) is 4.99 Å². The first-order valence-electron chi connectivity index (χ1n) is 6.13. The smallest absolute Gasteiger partial charge is 0.246 e. The maximum atomic E-state index is 11.7. The number of nitrogen functional groups attached to an aromatic ring is 1. The molecule has 1 aliphatic heterocycles. The highest BCUT2D eigenvalue weighted by atomic mass is 35.5. The zero-order valence-corrected chi connectivity index (χ0v) is 11.3. The van der Waals surface area contributed by atoms with Gasteiger partial charge in [-0.3, -0.25) is 9.79 Å². The van der Waals surface area contributed by atoms with Crippen molar-refractivity contribution in [3.63, 3.8) is 0 Å². The lowest BCUT2D eigenvalue weighted by molar-refractivity contribution is -0.114. The molecule has 4 nitrogen and oxygen atoms in total. The fourth-order valence-electron chi connectivity index (χ4n) is 2.13. The quantitative estimate of drug-likeness (QED) is 0.791. The molecule has 0 unspecified atom stereocenters. The second-order valence-corrected chi connectivity index (χ2v) is 4.96.